The van der Waals surface area contributed by atoms with Gasteiger partial charge in [-0.25, -0.2) is 4.98 Å². The van der Waals surface area contributed by atoms with Crippen molar-refractivity contribution in [3.63, 3.8) is 0 Å². The largest absolute Gasteiger partial charge is 0.414 e. The van der Waals surface area contributed by atoms with Gasteiger partial charge in [-0.1, -0.05) is 27.2 Å². The molecule has 2 heterocycles. The van der Waals surface area contributed by atoms with Crippen molar-refractivity contribution in [3.05, 3.63) is 39.5 Å². The van der Waals surface area contributed by atoms with Crippen LogP contribution < -0.4 is 0 Å². The molecule has 0 aliphatic heterocycles. The summed E-state index contributed by atoms with van der Waals surface area (Å²) in [6.07, 6.45) is 9.91. The minimum Gasteiger partial charge on any atom is -0.414 e. The molecule has 25 heavy (non-hydrogen) atoms. The number of halogens is 1. The van der Waals surface area contributed by atoms with Crippen LogP contribution in [0.2, 0.25) is 18.1 Å². The van der Waals surface area contributed by atoms with Crippen LogP contribution in [0.4, 0.5) is 0 Å². The Morgan fingerprint density at radius 1 is 1.36 bits per heavy atom. The maximum atomic E-state index is 6.89. The standard InChI is InChI=1S/C19H29BrN2OSSi/c1-19(2,3)25(4,5)23-16-8-6-7-14(16)17(22-11-10-21-13-22)18-15(20)9-12-24-18/h9-14,16-17H,6-8H2,1-5H3. The van der Waals surface area contributed by atoms with Crippen LogP contribution in [0.3, 0.4) is 0 Å². The maximum absolute atomic E-state index is 6.89. The molecule has 0 saturated heterocycles. The monoisotopic (exact) mass is 440 g/mol. The highest BCUT2D eigenvalue weighted by Crippen LogP contribution is 2.47. The van der Waals surface area contributed by atoms with E-state index in [4.69, 9.17) is 4.43 Å². The van der Waals surface area contributed by atoms with Crippen LogP contribution in [0, 0.1) is 5.92 Å². The molecule has 0 radical (unpaired) electrons. The van der Waals surface area contributed by atoms with E-state index >= 15 is 0 Å². The second-order valence-electron chi connectivity index (χ2n) is 8.60. The molecule has 1 aliphatic carbocycles. The summed E-state index contributed by atoms with van der Waals surface area (Å²) in [5, 5.41) is 2.41. The smallest absolute Gasteiger partial charge is 0.192 e. The molecule has 0 aromatic carbocycles. The third kappa shape index (κ3) is 3.97. The van der Waals surface area contributed by atoms with Gasteiger partial charge in [0, 0.05) is 27.7 Å². The average Bonchev–Trinajstić information content (AvgIpc) is 3.23. The van der Waals surface area contributed by atoms with E-state index in [2.05, 4.69) is 77.0 Å². The summed E-state index contributed by atoms with van der Waals surface area (Å²) in [5.74, 6) is 0.498. The number of hydrogen-bond acceptors (Lipinski definition) is 3. The minimum absolute atomic E-state index is 0.244. The molecule has 3 unspecified atom stereocenters. The van der Waals surface area contributed by atoms with Crippen molar-refractivity contribution < 1.29 is 4.43 Å². The van der Waals surface area contributed by atoms with Crippen molar-refractivity contribution in [2.75, 3.05) is 0 Å². The van der Waals surface area contributed by atoms with Crippen molar-refractivity contribution in [3.8, 4) is 0 Å². The highest BCUT2D eigenvalue weighted by Gasteiger charge is 2.44. The second-order valence-corrected chi connectivity index (χ2v) is 15.2. The van der Waals surface area contributed by atoms with Crippen molar-refractivity contribution in [1.82, 2.24) is 9.55 Å². The van der Waals surface area contributed by atoms with Crippen molar-refractivity contribution in [2.45, 2.75) is 70.3 Å². The van der Waals surface area contributed by atoms with Crippen LogP contribution in [0.1, 0.15) is 51.0 Å². The molecule has 138 valence electrons. The van der Waals surface area contributed by atoms with Crippen LogP contribution in [0.15, 0.2) is 34.6 Å². The minimum atomic E-state index is -1.77. The Balaban J connectivity index is 1.92. The lowest BCUT2D eigenvalue weighted by atomic mass is 9.94. The molecule has 2 aromatic heterocycles. The fourth-order valence-electron chi connectivity index (χ4n) is 3.52. The van der Waals surface area contributed by atoms with Crippen LogP contribution in [0.5, 0.6) is 0 Å². The summed E-state index contributed by atoms with van der Waals surface area (Å²) < 4.78 is 10.4. The van der Waals surface area contributed by atoms with E-state index in [9.17, 15) is 0 Å². The van der Waals surface area contributed by atoms with Gasteiger partial charge in [-0.15, -0.1) is 11.3 Å². The van der Waals surface area contributed by atoms with E-state index < -0.39 is 8.32 Å². The van der Waals surface area contributed by atoms with Crippen LogP contribution in [-0.2, 0) is 4.43 Å². The second kappa shape index (κ2) is 7.29. The number of thiophene rings is 1. The van der Waals surface area contributed by atoms with Gasteiger partial charge < -0.3 is 8.99 Å². The summed E-state index contributed by atoms with van der Waals surface area (Å²) in [6, 6.07) is 2.46. The molecule has 1 saturated carbocycles. The quantitative estimate of drug-likeness (QED) is 0.496. The molecule has 0 amide bonds. The molecule has 0 bridgehead atoms. The van der Waals surface area contributed by atoms with Crippen molar-refractivity contribution in [1.29, 1.82) is 0 Å². The van der Waals surface area contributed by atoms with Crippen LogP contribution >= 0.6 is 27.3 Å². The summed E-state index contributed by atoms with van der Waals surface area (Å²) in [7, 11) is -1.77. The third-order valence-corrected chi connectivity index (χ3v) is 12.4. The van der Waals surface area contributed by atoms with Gasteiger partial charge in [-0.3, -0.25) is 0 Å². The summed E-state index contributed by atoms with van der Waals surface area (Å²) in [4.78, 5) is 5.70. The van der Waals surface area contributed by atoms with Gasteiger partial charge in [0.05, 0.1) is 18.5 Å². The predicted octanol–water partition coefficient (Wildman–Crippen LogP) is 6.49. The van der Waals surface area contributed by atoms with E-state index in [-0.39, 0.29) is 5.04 Å². The van der Waals surface area contributed by atoms with Gasteiger partial charge in [-0.05, 0) is 58.4 Å². The van der Waals surface area contributed by atoms with Gasteiger partial charge in [0.2, 0.25) is 0 Å². The number of hydrogen-bond donors (Lipinski definition) is 0. The molecule has 3 nitrogen and oxygen atoms in total. The van der Waals surface area contributed by atoms with Crippen molar-refractivity contribution in [2.24, 2.45) is 5.92 Å². The van der Waals surface area contributed by atoms with Crippen LogP contribution in [0.25, 0.3) is 0 Å². The Labute approximate surface area is 165 Å². The molecule has 2 aromatic rings. The van der Waals surface area contributed by atoms with Gasteiger partial charge in [0.1, 0.15) is 0 Å². The zero-order valence-corrected chi connectivity index (χ0v) is 19.2. The molecule has 6 heteroatoms. The zero-order valence-electron chi connectivity index (χ0n) is 15.8. The van der Waals surface area contributed by atoms with E-state index in [1.54, 1.807) is 0 Å². The van der Waals surface area contributed by atoms with E-state index in [1.807, 2.05) is 23.9 Å². The number of imidazole rings is 1. The molecule has 3 atom stereocenters. The Bertz CT molecular complexity index is 693. The molecular formula is C19H29BrN2OSSi. The lowest BCUT2D eigenvalue weighted by Crippen LogP contribution is -2.45. The normalized spacial score (nSPS) is 23.1. The first-order valence-corrected chi connectivity index (χ1v) is 13.7. The summed E-state index contributed by atoms with van der Waals surface area (Å²) in [5.41, 5.74) is 0. The summed E-state index contributed by atoms with van der Waals surface area (Å²) in [6.45, 7) is 11.7. The molecule has 1 aliphatic rings. The van der Waals surface area contributed by atoms with E-state index in [1.165, 1.54) is 28.6 Å². The van der Waals surface area contributed by atoms with Gasteiger partial charge in [0.15, 0.2) is 8.32 Å². The Kier molecular flexibility index (Phi) is 5.64. The van der Waals surface area contributed by atoms with Gasteiger partial charge in [-0.2, -0.15) is 0 Å². The molecule has 0 N–H and O–H groups in total. The summed E-state index contributed by atoms with van der Waals surface area (Å²) >= 11 is 5.59. The number of nitrogens with zero attached hydrogens (tertiary/aromatic N) is 2. The van der Waals surface area contributed by atoms with E-state index in [0.29, 0.717) is 18.1 Å². The van der Waals surface area contributed by atoms with Gasteiger partial charge in [0.25, 0.3) is 0 Å². The van der Waals surface area contributed by atoms with Crippen LogP contribution in [-0.4, -0.2) is 24.0 Å². The predicted molar refractivity (Wildman–Crippen MR) is 112 cm³/mol. The lowest BCUT2D eigenvalue weighted by molar-refractivity contribution is 0.119. The third-order valence-electron chi connectivity index (χ3n) is 5.92. The topological polar surface area (TPSA) is 27.1 Å². The lowest BCUT2D eigenvalue weighted by Gasteiger charge is -2.41. The number of aromatic nitrogens is 2. The maximum Gasteiger partial charge on any atom is 0.192 e. The average molecular weight is 442 g/mol. The molecule has 1 fully saturated rings. The highest BCUT2D eigenvalue weighted by atomic mass is 79.9. The molecule has 0 spiro atoms. The first-order valence-electron chi connectivity index (χ1n) is 9.09. The number of rotatable bonds is 5. The van der Waals surface area contributed by atoms with Gasteiger partial charge >= 0.3 is 0 Å². The zero-order chi connectivity index (χ0) is 18.2. The Morgan fingerprint density at radius 3 is 2.68 bits per heavy atom. The molecular weight excluding hydrogens is 412 g/mol. The van der Waals surface area contributed by atoms with E-state index in [0.717, 1.165) is 0 Å². The first kappa shape index (κ1) is 19.3. The SMILES string of the molecule is CC(C)(C)[Si](C)(C)OC1CCCC1C(c1sccc1Br)n1ccnc1. The van der Waals surface area contributed by atoms with Crippen molar-refractivity contribution >= 4 is 35.6 Å². The highest BCUT2D eigenvalue weighted by molar-refractivity contribution is 9.10. The Morgan fingerprint density at radius 2 is 2.12 bits per heavy atom. The first-order chi connectivity index (χ1) is 11.7. The fourth-order valence-corrected chi connectivity index (χ4v) is 6.71. The molecule has 3 rings (SSSR count). The Hall–Kier alpha value is -0.433. The fraction of sp³-hybridized carbons (Fsp3) is 0.632.